The van der Waals surface area contributed by atoms with E-state index in [4.69, 9.17) is 0 Å². The minimum atomic E-state index is -0.350. The molecule has 1 aromatic carbocycles. The van der Waals surface area contributed by atoms with Gasteiger partial charge >= 0.3 is 0 Å². The highest BCUT2D eigenvalue weighted by Crippen LogP contribution is 2.07. The number of nitrogens with one attached hydrogen (secondary N) is 3. The van der Waals surface area contributed by atoms with Crippen LogP contribution in [0.3, 0.4) is 0 Å². The summed E-state index contributed by atoms with van der Waals surface area (Å²) in [6, 6.07) is 5.67. The van der Waals surface area contributed by atoms with E-state index < -0.39 is 0 Å². The van der Waals surface area contributed by atoms with Gasteiger partial charge in [0, 0.05) is 11.7 Å². The number of benzene rings is 1. The van der Waals surface area contributed by atoms with Gasteiger partial charge < -0.3 is 15.5 Å². The normalized spacial score (nSPS) is 13.5. The number of rotatable bonds is 7. The van der Waals surface area contributed by atoms with E-state index in [1.54, 1.807) is 7.05 Å². The van der Waals surface area contributed by atoms with Crippen LogP contribution >= 0.6 is 0 Å². The fourth-order valence-electron chi connectivity index (χ4n) is 1.82. The van der Waals surface area contributed by atoms with E-state index in [-0.39, 0.29) is 36.8 Å². The van der Waals surface area contributed by atoms with E-state index in [2.05, 4.69) is 10.6 Å². The molecule has 6 heteroatoms. The Bertz CT molecular complexity index is 503. The molecule has 5 nitrogen and oxygen atoms in total. The van der Waals surface area contributed by atoms with Crippen LogP contribution in [0, 0.1) is 11.7 Å². The lowest BCUT2D eigenvalue weighted by atomic mass is 10.1. The molecular formula is C16H25FN3O2+. The Morgan fingerprint density at radius 1 is 1.09 bits per heavy atom. The van der Waals surface area contributed by atoms with Gasteiger partial charge in [-0.25, -0.2) is 4.39 Å². The largest absolute Gasteiger partial charge is 0.348 e. The quantitative estimate of drug-likeness (QED) is 0.684. The van der Waals surface area contributed by atoms with Gasteiger partial charge in [-0.05, 0) is 37.1 Å². The zero-order valence-corrected chi connectivity index (χ0v) is 13.6. The summed E-state index contributed by atoms with van der Waals surface area (Å²) in [5.74, 6) is -0.273. The van der Waals surface area contributed by atoms with Gasteiger partial charge in [-0.1, -0.05) is 13.8 Å². The highest BCUT2D eigenvalue weighted by molar-refractivity contribution is 5.91. The number of amides is 2. The van der Waals surface area contributed by atoms with Gasteiger partial charge in [0.2, 0.25) is 0 Å². The lowest BCUT2D eigenvalue weighted by molar-refractivity contribution is -0.862. The molecule has 0 saturated heterocycles. The van der Waals surface area contributed by atoms with Crippen molar-refractivity contribution in [1.29, 1.82) is 0 Å². The molecule has 0 radical (unpaired) electrons. The van der Waals surface area contributed by atoms with E-state index in [0.717, 1.165) is 4.90 Å². The summed E-state index contributed by atoms with van der Waals surface area (Å²) in [6.07, 6.45) is 0. The first kappa shape index (κ1) is 18.1. The summed E-state index contributed by atoms with van der Waals surface area (Å²) in [7, 11) is 1.78. The molecule has 0 spiro atoms. The third kappa shape index (κ3) is 6.67. The summed E-state index contributed by atoms with van der Waals surface area (Å²) in [6.45, 7) is 6.43. The molecule has 2 amide bonds. The summed E-state index contributed by atoms with van der Waals surface area (Å²) in [4.78, 5) is 24.5. The molecule has 22 heavy (non-hydrogen) atoms. The number of halogens is 1. The number of carbonyl (C=O) groups excluding carboxylic acids is 2. The van der Waals surface area contributed by atoms with Gasteiger partial charge in [0.05, 0.1) is 7.05 Å². The van der Waals surface area contributed by atoms with Crippen LogP contribution in [0.2, 0.25) is 0 Å². The van der Waals surface area contributed by atoms with E-state index >= 15 is 0 Å². The highest BCUT2D eigenvalue weighted by Gasteiger charge is 2.17. The second kappa shape index (κ2) is 8.48. The Morgan fingerprint density at radius 3 is 2.18 bits per heavy atom. The van der Waals surface area contributed by atoms with Crippen molar-refractivity contribution in [3.05, 3.63) is 30.1 Å². The van der Waals surface area contributed by atoms with Gasteiger partial charge in [-0.15, -0.1) is 0 Å². The van der Waals surface area contributed by atoms with Crippen LogP contribution in [-0.2, 0) is 9.59 Å². The van der Waals surface area contributed by atoms with Gasteiger partial charge in [0.1, 0.15) is 5.82 Å². The molecule has 0 aromatic heterocycles. The van der Waals surface area contributed by atoms with Crippen molar-refractivity contribution >= 4 is 17.5 Å². The van der Waals surface area contributed by atoms with Crippen molar-refractivity contribution in [3.8, 4) is 0 Å². The average Bonchev–Trinajstić information content (AvgIpc) is 2.40. The first-order valence-corrected chi connectivity index (χ1v) is 7.44. The van der Waals surface area contributed by atoms with Gasteiger partial charge in [-0.3, -0.25) is 9.59 Å². The van der Waals surface area contributed by atoms with Crippen LogP contribution in [0.25, 0.3) is 0 Å². The van der Waals surface area contributed by atoms with Crippen molar-refractivity contribution in [1.82, 2.24) is 5.32 Å². The van der Waals surface area contributed by atoms with E-state index in [1.165, 1.54) is 24.3 Å². The first-order valence-electron chi connectivity index (χ1n) is 7.44. The minimum absolute atomic E-state index is 0.0757. The molecule has 3 N–H and O–H groups in total. The smallest absolute Gasteiger partial charge is 0.279 e. The number of anilines is 1. The molecule has 0 saturated carbocycles. The molecule has 1 unspecified atom stereocenters. The van der Waals surface area contributed by atoms with Crippen LogP contribution in [0.1, 0.15) is 20.8 Å². The van der Waals surface area contributed by atoms with E-state index in [9.17, 15) is 14.0 Å². The zero-order valence-electron chi connectivity index (χ0n) is 13.6. The van der Waals surface area contributed by atoms with Crippen molar-refractivity contribution in [2.45, 2.75) is 26.8 Å². The molecule has 2 atom stereocenters. The molecule has 0 heterocycles. The SMILES string of the molecule is CC(C)[C@@H](C)NC(=O)C[NH+](C)CC(=O)Nc1ccc(F)cc1. The molecule has 1 rings (SSSR count). The summed E-state index contributed by atoms with van der Waals surface area (Å²) in [5, 5.41) is 5.58. The van der Waals surface area contributed by atoms with Crippen LogP contribution < -0.4 is 15.5 Å². The third-order valence-corrected chi connectivity index (χ3v) is 3.44. The zero-order chi connectivity index (χ0) is 16.7. The molecule has 122 valence electrons. The number of hydrogen-bond acceptors (Lipinski definition) is 2. The van der Waals surface area contributed by atoms with Crippen molar-refractivity contribution in [2.75, 3.05) is 25.5 Å². The maximum atomic E-state index is 12.8. The fourth-order valence-corrected chi connectivity index (χ4v) is 1.82. The lowest BCUT2D eigenvalue weighted by Gasteiger charge is -2.19. The maximum absolute atomic E-state index is 12.8. The Labute approximate surface area is 130 Å². The summed E-state index contributed by atoms with van der Waals surface area (Å²) < 4.78 is 12.8. The molecule has 0 bridgehead atoms. The number of carbonyl (C=O) groups is 2. The standard InChI is InChI=1S/C16H24FN3O2/c1-11(2)12(3)18-15(21)9-20(4)10-16(22)19-14-7-5-13(17)6-8-14/h5-8,11-12H,9-10H2,1-4H3,(H,18,21)(H,19,22)/p+1/t12-/m1/s1. The van der Waals surface area contributed by atoms with Crippen LogP contribution in [0.5, 0.6) is 0 Å². The Morgan fingerprint density at radius 2 is 1.64 bits per heavy atom. The van der Waals surface area contributed by atoms with Gasteiger partial charge in [0.25, 0.3) is 11.8 Å². The Balaban J connectivity index is 2.37. The van der Waals surface area contributed by atoms with Crippen LogP contribution in [0.4, 0.5) is 10.1 Å². The first-order chi connectivity index (χ1) is 10.3. The third-order valence-electron chi connectivity index (χ3n) is 3.44. The fraction of sp³-hybridized carbons (Fsp3) is 0.500. The maximum Gasteiger partial charge on any atom is 0.279 e. The van der Waals surface area contributed by atoms with E-state index in [0.29, 0.717) is 11.6 Å². The van der Waals surface area contributed by atoms with Gasteiger partial charge in [-0.2, -0.15) is 0 Å². The number of likely N-dealkylation sites (N-methyl/N-ethyl adjacent to an activating group) is 1. The monoisotopic (exact) mass is 310 g/mol. The topological polar surface area (TPSA) is 62.6 Å². The highest BCUT2D eigenvalue weighted by atomic mass is 19.1. The van der Waals surface area contributed by atoms with Crippen molar-refractivity contribution in [3.63, 3.8) is 0 Å². The predicted molar refractivity (Wildman–Crippen MR) is 84.1 cm³/mol. The predicted octanol–water partition coefficient (Wildman–Crippen LogP) is 0.440. The minimum Gasteiger partial charge on any atom is -0.348 e. The summed E-state index contributed by atoms with van der Waals surface area (Å²) >= 11 is 0. The summed E-state index contributed by atoms with van der Waals surface area (Å²) in [5.41, 5.74) is 0.539. The van der Waals surface area contributed by atoms with Crippen LogP contribution in [-0.4, -0.2) is 38.0 Å². The second-order valence-corrected chi connectivity index (χ2v) is 5.97. The molecule has 0 aliphatic carbocycles. The van der Waals surface area contributed by atoms with Crippen LogP contribution in [0.15, 0.2) is 24.3 Å². The number of quaternary nitrogens is 1. The molecule has 0 aliphatic heterocycles. The molecule has 1 aromatic rings. The molecular weight excluding hydrogens is 285 g/mol. The number of hydrogen-bond donors (Lipinski definition) is 3. The second-order valence-electron chi connectivity index (χ2n) is 5.97. The average molecular weight is 310 g/mol. The molecule has 0 aliphatic rings. The van der Waals surface area contributed by atoms with Crippen molar-refractivity contribution in [2.24, 2.45) is 5.92 Å². The Kier molecular flexibility index (Phi) is 6.98. The van der Waals surface area contributed by atoms with Gasteiger partial charge in [0.15, 0.2) is 13.1 Å². The Hall–Kier alpha value is -1.95. The van der Waals surface area contributed by atoms with Crippen molar-refractivity contribution < 1.29 is 18.9 Å². The van der Waals surface area contributed by atoms with E-state index in [1.807, 2.05) is 20.8 Å². The lowest BCUT2D eigenvalue weighted by Crippen LogP contribution is -3.11. The molecule has 0 fully saturated rings.